The molecule has 0 unspecified atom stereocenters. The van der Waals surface area contributed by atoms with E-state index in [-0.39, 0.29) is 15.5 Å². The molecule has 0 saturated carbocycles. The molecule has 1 amide bonds. The van der Waals surface area contributed by atoms with Crippen LogP contribution in [0.2, 0.25) is 0 Å². The average Bonchev–Trinajstić information content (AvgIpc) is 2.98. The molecule has 0 aromatic heterocycles. The van der Waals surface area contributed by atoms with Gasteiger partial charge in [0.15, 0.2) is 0 Å². The number of benzene rings is 3. The molecule has 0 aliphatic carbocycles. The minimum atomic E-state index is -3.87. The number of anilines is 2. The monoisotopic (exact) mass is 473 g/mol. The maximum Gasteiger partial charge on any atom is 0.265 e. The van der Waals surface area contributed by atoms with Gasteiger partial charge in [0.25, 0.3) is 10.0 Å². The number of hydrogen-bond acceptors (Lipinski definition) is 5. The van der Waals surface area contributed by atoms with E-state index < -0.39 is 32.5 Å². The Morgan fingerprint density at radius 2 is 1.66 bits per heavy atom. The van der Waals surface area contributed by atoms with Crippen molar-refractivity contribution in [3.8, 4) is 0 Å². The molecule has 1 aliphatic heterocycles. The molecule has 0 atom stereocenters. The molecule has 1 aliphatic rings. The van der Waals surface area contributed by atoms with Crippen LogP contribution in [0.4, 0.5) is 11.4 Å². The fraction of sp³-hybridized carbons (Fsp3) is 0.227. The molecular formula is C22H23N3O5S2. The summed E-state index contributed by atoms with van der Waals surface area (Å²) in [7, 11) is -7.55. The van der Waals surface area contributed by atoms with E-state index in [2.05, 4.69) is 5.32 Å². The molecule has 1 N–H and O–H groups in total. The van der Waals surface area contributed by atoms with Crippen LogP contribution < -0.4 is 9.62 Å². The third kappa shape index (κ3) is 3.64. The Bertz CT molecular complexity index is 1410. The lowest BCUT2D eigenvalue weighted by Crippen LogP contribution is -2.35. The third-order valence-electron chi connectivity index (χ3n) is 5.43. The highest BCUT2D eigenvalue weighted by atomic mass is 32.2. The molecule has 3 aromatic rings. The standard InChI is InChI=1S/C22H23N3O5S2/c1-3-24(4-2)31(27,28)18-11-7-10-17(14-18)23-21(26)15-25-19-12-5-8-16-9-6-13-20(22(16)19)32(25,29)30/h5-14H,3-4,15H2,1-2H3,(H,23,26). The summed E-state index contributed by atoms with van der Waals surface area (Å²) in [5.41, 5.74) is 0.724. The van der Waals surface area contributed by atoms with E-state index in [9.17, 15) is 21.6 Å². The minimum absolute atomic E-state index is 0.0602. The third-order valence-corrected chi connectivity index (χ3v) is 9.28. The van der Waals surface area contributed by atoms with E-state index in [1.165, 1.54) is 28.6 Å². The molecule has 3 aromatic carbocycles. The smallest absolute Gasteiger partial charge is 0.265 e. The van der Waals surface area contributed by atoms with Crippen molar-refractivity contribution in [2.45, 2.75) is 23.6 Å². The van der Waals surface area contributed by atoms with Crippen LogP contribution in [-0.2, 0) is 24.8 Å². The second kappa shape index (κ2) is 8.19. The molecule has 0 fully saturated rings. The number of sulfonamides is 2. The van der Waals surface area contributed by atoms with Crippen molar-refractivity contribution in [3.63, 3.8) is 0 Å². The van der Waals surface area contributed by atoms with Gasteiger partial charge >= 0.3 is 0 Å². The summed E-state index contributed by atoms with van der Waals surface area (Å²) >= 11 is 0. The van der Waals surface area contributed by atoms with Gasteiger partial charge in [-0.25, -0.2) is 16.8 Å². The number of nitrogens with zero attached hydrogens (tertiary/aromatic N) is 2. The van der Waals surface area contributed by atoms with Gasteiger partial charge in [-0.3, -0.25) is 9.10 Å². The fourth-order valence-electron chi connectivity index (χ4n) is 3.91. The van der Waals surface area contributed by atoms with Gasteiger partial charge in [-0.2, -0.15) is 4.31 Å². The first-order chi connectivity index (χ1) is 15.2. The minimum Gasteiger partial charge on any atom is -0.324 e. The summed E-state index contributed by atoms with van der Waals surface area (Å²) in [6.45, 7) is 3.73. The number of carbonyl (C=O) groups excluding carboxylic acids is 1. The number of rotatable bonds is 7. The number of amides is 1. The first-order valence-electron chi connectivity index (χ1n) is 10.1. The Morgan fingerprint density at radius 3 is 2.34 bits per heavy atom. The van der Waals surface area contributed by atoms with Gasteiger partial charge in [-0.15, -0.1) is 0 Å². The molecular weight excluding hydrogens is 450 g/mol. The van der Waals surface area contributed by atoms with Crippen molar-refractivity contribution < 1.29 is 21.6 Å². The van der Waals surface area contributed by atoms with Gasteiger partial charge < -0.3 is 5.32 Å². The molecule has 0 radical (unpaired) electrons. The zero-order chi connectivity index (χ0) is 23.1. The molecule has 10 heteroatoms. The van der Waals surface area contributed by atoms with Gasteiger partial charge in [-0.05, 0) is 35.7 Å². The van der Waals surface area contributed by atoms with Gasteiger partial charge in [0.1, 0.15) is 6.54 Å². The Hall–Kier alpha value is -2.95. The topological polar surface area (TPSA) is 104 Å². The van der Waals surface area contributed by atoms with E-state index >= 15 is 0 Å². The molecule has 32 heavy (non-hydrogen) atoms. The molecule has 0 bridgehead atoms. The zero-order valence-corrected chi connectivity index (χ0v) is 19.3. The van der Waals surface area contributed by atoms with Crippen molar-refractivity contribution >= 4 is 48.1 Å². The molecule has 4 rings (SSSR count). The van der Waals surface area contributed by atoms with Crippen molar-refractivity contribution in [1.29, 1.82) is 0 Å². The van der Waals surface area contributed by atoms with Crippen LogP contribution in [0.25, 0.3) is 10.8 Å². The SMILES string of the molecule is CCN(CC)S(=O)(=O)c1cccc(NC(=O)CN2c3cccc4cccc(c34)S2(=O)=O)c1. The maximum atomic E-state index is 13.0. The van der Waals surface area contributed by atoms with Gasteiger partial charge in [-0.1, -0.05) is 44.2 Å². The highest BCUT2D eigenvalue weighted by molar-refractivity contribution is 7.93. The van der Waals surface area contributed by atoms with Crippen LogP contribution in [0, 0.1) is 0 Å². The highest BCUT2D eigenvalue weighted by Crippen LogP contribution is 2.41. The van der Waals surface area contributed by atoms with Crippen LogP contribution in [0.15, 0.2) is 70.5 Å². The summed E-state index contributed by atoms with van der Waals surface area (Å²) in [6, 6.07) is 16.2. The summed E-state index contributed by atoms with van der Waals surface area (Å²) < 4.78 is 54.0. The summed E-state index contributed by atoms with van der Waals surface area (Å²) in [5, 5.41) is 4.00. The van der Waals surface area contributed by atoms with E-state index in [1.807, 2.05) is 12.1 Å². The van der Waals surface area contributed by atoms with Crippen LogP contribution >= 0.6 is 0 Å². The molecule has 168 valence electrons. The summed E-state index contributed by atoms with van der Waals surface area (Å²) in [4.78, 5) is 13.0. The second-order valence-corrected chi connectivity index (χ2v) is 11.1. The lowest BCUT2D eigenvalue weighted by atomic mass is 10.1. The van der Waals surface area contributed by atoms with Crippen LogP contribution in [0.1, 0.15) is 13.8 Å². The highest BCUT2D eigenvalue weighted by Gasteiger charge is 2.36. The van der Waals surface area contributed by atoms with Gasteiger partial charge in [0.05, 0.1) is 15.5 Å². The molecule has 1 heterocycles. The largest absolute Gasteiger partial charge is 0.324 e. The van der Waals surface area contributed by atoms with Gasteiger partial charge in [0, 0.05) is 24.2 Å². The van der Waals surface area contributed by atoms with Crippen molar-refractivity contribution in [2.75, 3.05) is 29.3 Å². The normalized spacial score (nSPS) is 14.8. The van der Waals surface area contributed by atoms with Crippen molar-refractivity contribution in [2.24, 2.45) is 0 Å². The Kier molecular flexibility index (Phi) is 5.70. The van der Waals surface area contributed by atoms with Crippen molar-refractivity contribution in [1.82, 2.24) is 4.31 Å². The quantitative estimate of drug-likeness (QED) is 0.568. The van der Waals surface area contributed by atoms with E-state index in [0.717, 1.165) is 9.69 Å². The lowest BCUT2D eigenvalue weighted by Gasteiger charge is -2.20. The second-order valence-electron chi connectivity index (χ2n) is 7.31. The maximum absolute atomic E-state index is 13.0. The zero-order valence-electron chi connectivity index (χ0n) is 17.6. The molecule has 8 nitrogen and oxygen atoms in total. The Balaban J connectivity index is 1.59. The summed E-state index contributed by atoms with van der Waals surface area (Å²) in [6.07, 6.45) is 0. The van der Waals surface area contributed by atoms with Crippen LogP contribution in [-0.4, -0.2) is 46.7 Å². The Morgan fingerprint density at radius 1 is 1.00 bits per heavy atom. The number of nitrogens with one attached hydrogen (secondary N) is 1. The molecule has 0 saturated heterocycles. The predicted molar refractivity (Wildman–Crippen MR) is 124 cm³/mol. The van der Waals surface area contributed by atoms with E-state index in [0.29, 0.717) is 24.2 Å². The average molecular weight is 474 g/mol. The first kappa shape index (κ1) is 22.3. The van der Waals surface area contributed by atoms with Crippen LogP contribution in [0.3, 0.4) is 0 Å². The number of carbonyl (C=O) groups is 1. The van der Waals surface area contributed by atoms with Crippen molar-refractivity contribution in [3.05, 3.63) is 60.7 Å². The molecule has 0 spiro atoms. The number of hydrogen-bond donors (Lipinski definition) is 1. The summed E-state index contributed by atoms with van der Waals surface area (Å²) in [5.74, 6) is -0.573. The predicted octanol–water partition coefficient (Wildman–Crippen LogP) is 3.02. The first-order valence-corrected chi connectivity index (χ1v) is 13.0. The van der Waals surface area contributed by atoms with Crippen LogP contribution in [0.5, 0.6) is 0 Å². The van der Waals surface area contributed by atoms with Gasteiger partial charge in [0.2, 0.25) is 15.9 Å². The lowest BCUT2D eigenvalue weighted by molar-refractivity contribution is -0.114. The fourth-order valence-corrected chi connectivity index (χ4v) is 7.08. The Labute approximate surface area is 187 Å². The van der Waals surface area contributed by atoms with E-state index in [4.69, 9.17) is 0 Å². The van der Waals surface area contributed by atoms with E-state index in [1.54, 1.807) is 38.1 Å².